The molecule has 1 atom stereocenters. The number of aliphatic hydroxyl groups is 1. The molecule has 0 aromatic heterocycles. The van der Waals surface area contributed by atoms with Crippen LogP contribution >= 0.6 is 0 Å². The number of aromatic hydroxyl groups is 1. The smallest absolute Gasteiger partial charge is 0.121 e. The summed E-state index contributed by atoms with van der Waals surface area (Å²) in [7, 11) is 0. The van der Waals surface area contributed by atoms with Gasteiger partial charge in [-0.3, -0.25) is 0 Å². The van der Waals surface area contributed by atoms with Crippen LogP contribution in [-0.2, 0) is 0 Å². The largest absolute Gasteiger partial charge is 0.508 e. The van der Waals surface area contributed by atoms with E-state index >= 15 is 0 Å². The molecule has 0 fully saturated rings. The average Bonchev–Trinajstić information content (AvgIpc) is 2.32. The third kappa shape index (κ3) is 2.07. The Bertz CT molecular complexity index is 477. The summed E-state index contributed by atoms with van der Waals surface area (Å²) in [5.41, 5.74) is 2.34. The Balaban J connectivity index is 2.41. The SMILES string of the molecule is Cc1ccc(O)c([C@@H](O)c2ccccc2)c1. The van der Waals surface area contributed by atoms with E-state index in [-0.39, 0.29) is 5.75 Å². The van der Waals surface area contributed by atoms with Crippen molar-refractivity contribution in [1.29, 1.82) is 0 Å². The minimum atomic E-state index is -0.777. The van der Waals surface area contributed by atoms with Crippen LogP contribution < -0.4 is 0 Å². The fraction of sp³-hybridized carbons (Fsp3) is 0.143. The van der Waals surface area contributed by atoms with Crippen molar-refractivity contribution >= 4 is 0 Å². The van der Waals surface area contributed by atoms with Crippen LogP contribution in [0.25, 0.3) is 0 Å². The fourth-order valence-corrected chi connectivity index (χ4v) is 1.71. The fourth-order valence-electron chi connectivity index (χ4n) is 1.71. The molecule has 2 N–H and O–H groups in total. The third-order valence-corrected chi connectivity index (χ3v) is 2.59. The van der Waals surface area contributed by atoms with E-state index in [1.165, 1.54) is 0 Å². The van der Waals surface area contributed by atoms with Crippen LogP contribution in [0, 0.1) is 6.92 Å². The van der Waals surface area contributed by atoms with Gasteiger partial charge in [-0.15, -0.1) is 0 Å². The lowest BCUT2D eigenvalue weighted by Gasteiger charge is -2.13. The molecule has 82 valence electrons. The summed E-state index contributed by atoms with van der Waals surface area (Å²) in [6.07, 6.45) is -0.777. The highest BCUT2D eigenvalue weighted by Crippen LogP contribution is 2.29. The summed E-state index contributed by atoms with van der Waals surface area (Å²) in [6.45, 7) is 1.93. The van der Waals surface area contributed by atoms with E-state index in [1.54, 1.807) is 12.1 Å². The van der Waals surface area contributed by atoms with Crippen LogP contribution in [0.5, 0.6) is 5.75 Å². The van der Waals surface area contributed by atoms with Crippen molar-refractivity contribution in [3.05, 3.63) is 65.2 Å². The molecule has 0 spiro atoms. The van der Waals surface area contributed by atoms with Crippen LogP contribution in [0.2, 0.25) is 0 Å². The van der Waals surface area contributed by atoms with Gasteiger partial charge in [0.25, 0.3) is 0 Å². The third-order valence-electron chi connectivity index (χ3n) is 2.59. The van der Waals surface area contributed by atoms with Gasteiger partial charge < -0.3 is 10.2 Å². The molecule has 0 amide bonds. The number of hydrogen-bond donors (Lipinski definition) is 2. The molecule has 0 aliphatic heterocycles. The maximum atomic E-state index is 10.1. The summed E-state index contributed by atoms with van der Waals surface area (Å²) in [4.78, 5) is 0. The highest BCUT2D eigenvalue weighted by Gasteiger charge is 2.13. The van der Waals surface area contributed by atoms with Gasteiger partial charge in [0.05, 0.1) is 0 Å². The monoisotopic (exact) mass is 214 g/mol. The Labute approximate surface area is 94.8 Å². The second kappa shape index (κ2) is 4.37. The van der Waals surface area contributed by atoms with Gasteiger partial charge >= 0.3 is 0 Å². The van der Waals surface area contributed by atoms with Crippen LogP contribution in [-0.4, -0.2) is 10.2 Å². The lowest BCUT2D eigenvalue weighted by Crippen LogP contribution is -2.00. The topological polar surface area (TPSA) is 40.5 Å². The molecule has 0 aliphatic rings. The van der Waals surface area contributed by atoms with Crippen molar-refractivity contribution in [2.45, 2.75) is 13.0 Å². The minimum Gasteiger partial charge on any atom is -0.508 e. The lowest BCUT2D eigenvalue weighted by molar-refractivity contribution is 0.215. The molecule has 16 heavy (non-hydrogen) atoms. The first-order valence-electron chi connectivity index (χ1n) is 5.21. The summed E-state index contributed by atoms with van der Waals surface area (Å²) >= 11 is 0. The van der Waals surface area contributed by atoms with Gasteiger partial charge in [0, 0.05) is 5.56 Å². The maximum absolute atomic E-state index is 10.1. The molecule has 2 rings (SSSR count). The first-order chi connectivity index (χ1) is 7.68. The van der Waals surface area contributed by atoms with Crippen molar-refractivity contribution in [1.82, 2.24) is 0 Å². The van der Waals surface area contributed by atoms with Crippen LogP contribution in [0.15, 0.2) is 48.5 Å². The van der Waals surface area contributed by atoms with E-state index < -0.39 is 6.10 Å². The number of hydrogen-bond acceptors (Lipinski definition) is 2. The van der Waals surface area contributed by atoms with Crippen LogP contribution in [0.3, 0.4) is 0 Å². The second-order valence-electron chi connectivity index (χ2n) is 3.88. The van der Waals surface area contributed by atoms with Crippen molar-refractivity contribution in [2.75, 3.05) is 0 Å². The Hall–Kier alpha value is -1.80. The highest BCUT2D eigenvalue weighted by molar-refractivity contribution is 5.41. The van der Waals surface area contributed by atoms with Gasteiger partial charge in [0.1, 0.15) is 11.9 Å². The van der Waals surface area contributed by atoms with E-state index in [0.717, 1.165) is 11.1 Å². The Kier molecular flexibility index (Phi) is 2.93. The number of phenols is 1. The Morgan fingerprint density at radius 1 is 1.00 bits per heavy atom. The maximum Gasteiger partial charge on any atom is 0.121 e. The van der Waals surface area contributed by atoms with Gasteiger partial charge in [0.2, 0.25) is 0 Å². The molecule has 0 aliphatic carbocycles. The van der Waals surface area contributed by atoms with Crippen LogP contribution in [0.4, 0.5) is 0 Å². The van der Waals surface area contributed by atoms with E-state index in [4.69, 9.17) is 0 Å². The molecule has 0 saturated carbocycles. The lowest BCUT2D eigenvalue weighted by atomic mass is 9.99. The number of aliphatic hydroxyl groups excluding tert-OH is 1. The van der Waals surface area contributed by atoms with Gasteiger partial charge in [-0.1, -0.05) is 42.0 Å². The molecule has 2 aromatic carbocycles. The summed E-state index contributed by atoms with van der Waals surface area (Å²) < 4.78 is 0. The number of rotatable bonds is 2. The van der Waals surface area contributed by atoms with E-state index in [2.05, 4.69) is 0 Å². The Morgan fingerprint density at radius 2 is 1.69 bits per heavy atom. The van der Waals surface area contributed by atoms with Crippen molar-refractivity contribution in [3.8, 4) is 5.75 Å². The Morgan fingerprint density at radius 3 is 2.38 bits per heavy atom. The predicted octanol–water partition coefficient (Wildman–Crippen LogP) is 2.78. The van der Waals surface area contributed by atoms with Gasteiger partial charge in [-0.2, -0.15) is 0 Å². The van der Waals surface area contributed by atoms with Gasteiger partial charge in [-0.25, -0.2) is 0 Å². The average molecular weight is 214 g/mol. The van der Waals surface area contributed by atoms with Crippen LogP contribution in [0.1, 0.15) is 22.8 Å². The zero-order valence-corrected chi connectivity index (χ0v) is 9.09. The van der Waals surface area contributed by atoms with Crippen molar-refractivity contribution in [2.24, 2.45) is 0 Å². The van der Waals surface area contributed by atoms with Gasteiger partial charge in [-0.05, 0) is 24.6 Å². The zero-order chi connectivity index (χ0) is 11.5. The minimum absolute atomic E-state index is 0.127. The number of benzene rings is 2. The summed E-state index contributed by atoms with van der Waals surface area (Å²) in [5.74, 6) is 0.127. The standard InChI is InChI=1S/C14H14O2/c1-10-7-8-13(15)12(9-10)14(16)11-5-3-2-4-6-11/h2-9,14-16H,1H3/t14-/m0/s1. The normalized spacial score (nSPS) is 12.4. The number of phenolic OH excluding ortho intramolecular Hbond substituents is 1. The van der Waals surface area contributed by atoms with Crippen molar-refractivity contribution in [3.63, 3.8) is 0 Å². The first-order valence-corrected chi connectivity index (χ1v) is 5.21. The zero-order valence-electron chi connectivity index (χ0n) is 9.09. The van der Waals surface area contributed by atoms with E-state index in [9.17, 15) is 10.2 Å². The summed E-state index contributed by atoms with van der Waals surface area (Å²) in [5, 5.41) is 19.8. The predicted molar refractivity (Wildman–Crippen MR) is 63.3 cm³/mol. The van der Waals surface area contributed by atoms with E-state index in [0.29, 0.717) is 5.56 Å². The molecular weight excluding hydrogens is 200 g/mol. The molecule has 0 saturated heterocycles. The highest BCUT2D eigenvalue weighted by atomic mass is 16.3. The molecular formula is C14H14O2. The molecule has 0 bridgehead atoms. The molecule has 2 aromatic rings. The molecule has 2 nitrogen and oxygen atoms in total. The second-order valence-corrected chi connectivity index (χ2v) is 3.88. The number of aryl methyl sites for hydroxylation is 1. The molecule has 0 heterocycles. The molecule has 0 unspecified atom stereocenters. The molecule has 0 radical (unpaired) electrons. The quantitative estimate of drug-likeness (QED) is 0.807. The first kappa shape index (κ1) is 10.7. The summed E-state index contributed by atoms with van der Waals surface area (Å²) in [6, 6.07) is 14.5. The van der Waals surface area contributed by atoms with Gasteiger partial charge in [0.15, 0.2) is 0 Å². The van der Waals surface area contributed by atoms with E-state index in [1.807, 2.05) is 43.3 Å². The van der Waals surface area contributed by atoms with Crippen molar-refractivity contribution < 1.29 is 10.2 Å². The molecule has 2 heteroatoms.